The van der Waals surface area contributed by atoms with Gasteiger partial charge in [-0.3, -0.25) is 0 Å². The van der Waals surface area contributed by atoms with Crippen LogP contribution in [0.2, 0.25) is 0 Å². The topological polar surface area (TPSA) is 70.2 Å². The smallest absolute Gasteiger partial charge is 0.320 e. The van der Waals surface area contributed by atoms with Crippen LogP contribution >= 0.6 is 0 Å². The summed E-state index contributed by atoms with van der Waals surface area (Å²) >= 11 is 0. The van der Waals surface area contributed by atoms with Crippen molar-refractivity contribution in [3.05, 3.63) is 47.8 Å². The minimum atomic E-state index is -1.02. The summed E-state index contributed by atoms with van der Waals surface area (Å²) in [5.41, 5.74) is -0.716. The van der Waals surface area contributed by atoms with E-state index in [1.165, 1.54) is 30.6 Å². The Labute approximate surface area is 144 Å². The van der Waals surface area contributed by atoms with Gasteiger partial charge in [-0.05, 0) is 31.4 Å². The number of hydrogen-bond donors (Lipinski definition) is 2. The number of urea groups is 1. The largest absolute Gasteiger partial charge is 0.347 e. The molecule has 132 valence electrons. The predicted octanol–water partition coefficient (Wildman–Crippen LogP) is 3.02. The number of carbonyl (C=O) groups is 1. The van der Waals surface area contributed by atoms with Crippen molar-refractivity contribution in [3.63, 3.8) is 0 Å². The summed E-state index contributed by atoms with van der Waals surface area (Å²) in [7, 11) is 3.61. The van der Waals surface area contributed by atoms with Gasteiger partial charge in [0.05, 0.1) is 23.6 Å². The predicted molar refractivity (Wildman–Crippen MR) is 90.4 cm³/mol. The van der Waals surface area contributed by atoms with Crippen LogP contribution in [0.15, 0.2) is 30.6 Å². The van der Waals surface area contributed by atoms with Crippen LogP contribution in [-0.4, -0.2) is 30.1 Å². The highest BCUT2D eigenvalue weighted by molar-refractivity contribution is 5.89. The number of nitrogens with one attached hydrogen (secondary N) is 2. The molecular weight excluding hydrogens is 328 g/mol. The van der Waals surface area contributed by atoms with Gasteiger partial charge in [0.15, 0.2) is 0 Å². The summed E-state index contributed by atoms with van der Waals surface area (Å²) in [6.45, 7) is 0. The first-order chi connectivity index (χ1) is 11.9. The van der Waals surface area contributed by atoms with Crippen molar-refractivity contribution in [1.29, 1.82) is 0 Å². The molecule has 3 rings (SSSR count). The molecule has 1 saturated carbocycles. The van der Waals surface area contributed by atoms with E-state index in [1.54, 1.807) is 19.0 Å². The van der Waals surface area contributed by atoms with Gasteiger partial charge >= 0.3 is 6.03 Å². The average Bonchev–Trinajstić information content (AvgIpc) is 2.52. The first-order valence-electron chi connectivity index (χ1n) is 7.94. The van der Waals surface area contributed by atoms with Gasteiger partial charge in [-0.15, -0.1) is 0 Å². The van der Waals surface area contributed by atoms with Crippen LogP contribution in [0.4, 0.5) is 25.2 Å². The molecule has 0 saturated heterocycles. The molecule has 1 aromatic heterocycles. The molecule has 1 heterocycles. The molecule has 8 heteroatoms. The monoisotopic (exact) mass is 347 g/mol. The molecule has 1 aliphatic carbocycles. The van der Waals surface area contributed by atoms with E-state index in [2.05, 4.69) is 20.6 Å². The highest BCUT2D eigenvalue weighted by atomic mass is 19.1. The van der Waals surface area contributed by atoms with Crippen LogP contribution in [0.3, 0.4) is 0 Å². The maximum Gasteiger partial charge on any atom is 0.320 e. The first-order valence-corrected chi connectivity index (χ1v) is 7.94. The van der Waals surface area contributed by atoms with Crippen molar-refractivity contribution in [2.75, 3.05) is 24.3 Å². The lowest BCUT2D eigenvalue weighted by molar-refractivity contribution is 0.175. The highest BCUT2D eigenvalue weighted by Gasteiger charge is 2.44. The molecular formula is C17H19F2N5O. The fraction of sp³-hybridized carbons (Fsp3) is 0.353. The van der Waals surface area contributed by atoms with E-state index in [-0.39, 0.29) is 5.56 Å². The number of halogens is 2. The van der Waals surface area contributed by atoms with Crippen LogP contribution in [0.5, 0.6) is 0 Å². The molecule has 1 fully saturated rings. The fourth-order valence-electron chi connectivity index (χ4n) is 2.92. The summed E-state index contributed by atoms with van der Waals surface area (Å²) in [6.07, 6.45) is 4.69. The molecule has 2 N–H and O–H groups in total. The number of nitrogens with zero attached hydrogens (tertiary/aromatic N) is 3. The minimum Gasteiger partial charge on any atom is -0.347 e. The van der Waals surface area contributed by atoms with Gasteiger partial charge in [0.1, 0.15) is 11.6 Å². The average molecular weight is 347 g/mol. The summed E-state index contributed by atoms with van der Waals surface area (Å²) in [5.74, 6) is -0.799. The number of benzene rings is 1. The Morgan fingerprint density at radius 1 is 1.16 bits per heavy atom. The van der Waals surface area contributed by atoms with Gasteiger partial charge in [0.25, 0.3) is 0 Å². The zero-order valence-corrected chi connectivity index (χ0v) is 14.0. The molecule has 0 radical (unpaired) electrons. The Bertz CT molecular complexity index is 755. The number of aromatic nitrogens is 2. The van der Waals surface area contributed by atoms with Crippen molar-refractivity contribution in [1.82, 2.24) is 15.3 Å². The van der Waals surface area contributed by atoms with E-state index in [9.17, 15) is 13.6 Å². The van der Waals surface area contributed by atoms with Crippen molar-refractivity contribution in [3.8, 4) is 0 Å². The molecule has 6 nitrogen and oxygen atoms in total. The van der Waals surface area contributed by atoms with Gasteiger partial charge in [0, 0.05) is 19.7 Å². The second kappa shape index (κ2) is 6.62. The zero-order chi connectivity index (χ0) is 18.0. The van der Waals surface area contributed by atoms with Crippen molar-refractivity contribution < 1.29 is 13.6 Å². The maximum absolute atomic E-state index is 14.1. The van der Waals surface area contributed by atoms with E-state index in [0.29, 0.717) is 24.5 Å². The quantitative estimate of drug-likeness (QED) is 0.892. The van der Waals surface area contributed by atoms with Gasteiger partial charge in [-0.1, -0.05) is 6.07 Å². The second-order valence-electron chi connectivity index (χ2n) is 6.28. The lowest BCUT2D eigenvalue weighted by Gasteiger charge is -2.43. The number of amides is 2. The molecule has 0 spiro atoms. The maximum atomic E-state index is 14.1. The third-order valence-electron chi connectivity index (χ3n) is 4.30. The van der Waals surface area contributed by atoms with Gasteiger partial charge in [-0.25, -0.2) is 23.5 Å². The molecule has 0 unspecified atom stereocenters. The van der Waals surface area contributed by atoms with Crippen LogP contribution in [-0.2, 0) is 5.54 Å². The van der Waals surface area contributed by atoms with E-state index in [4.69, 9.17) is 0 Å². The molecule has 25 heavy (non-hydrogen) atoms. The third kappa shape index (κ3) is 3.38. The number of rotatable bonds is 4. The summed E-state index contributed by atoms with van der Waals surface area (Å²) in [4.78, 5) is 22.2. The third-order valence-corrected chi connectivity index (χ3v) is 4.30. The van der Waals surface area contributed by atoms with Crippen LogP contribution in [0.1, 0.15) is 24.8 Å². The van der Waals surface area contributed by atoms with E-state index in [1.807, 2.05) is 0 Å². The SMILES string of the molecule is CN(C)c1ncc(NC(=O)NC2(c3c(F)cccc3F)CCC2)cn1. The molecule has 1 aromatic carbocycles. The summed E-state index contributed by atoms with van der Waals surface area (Å²) < 4.78 is 28.3. The molecule has 0 atom stereocenters. The molecule has 2 amide bonds. The summed E-state index contributed by atoms with van der Waals surface area (Å²) in [6, 6.07) is 3.16. The van der Waals surface area contributed by atoms with E-state index < -0.39 is 23.2 Å². The van der Waals surface area contributed by atoms with Gasteiger partial charge in [0.2, 0.25) is 5.95 Å². The van der Waals surface area contributed by atoms with Crippen molar-refractivity contribution >= 4 is 17.7 Å². The number of hydrogen-bond acceptors (Lipinski definition) is 4. The zero-order valence-electron chi connectivity index (χ0n) is 14.0. The minimum absolute atomic E-state index is 0.0874. The van der Waals surface area contributed by atoms with Crippen LogP contribution < -0.4 is 15.5 Å². The highest BCUT2D eigenvalue weighted by Crippen LogP contribution is 2.43. The number of anilines is 2. The molecule has 0 aliphatic heterocycles. The van der Waals surface area contributed by atoms with Crippen molar-refractivity contribution in [2.24, 2.45) is 0 Å². The van der Waals surface area contributed by atoms with Crippen molar-refractivity contribution in [2.45, 2.75) is 24.8 Å². The van der Waals surface area contributed by atoms with Crippen LogP contribution in [0, 0.1) is 11.6 Å². The van der Waals surface area contributed by atoms with Crippen LogP contribution in [0.25, 0.3) is 0 Å². The molecule has 0 bridgehead atoms. The Morgan fingerprint density at radius 2 is 1.76 bits per heavy atom. The first kappa shape index (κ1) is 17.1. The van der Waals surface area contributed by atoms with Gasteiger partial charge in [-0.2, -0.15) is 0 Å². The molecule has 1 aliphatic rings. The van der Waals surface area contributed by atoms with E-state index >= 15 is 0 Å². The van der Waals surface area contributed by atoms with E-state index in [0.717, 1.165) is 6.42 Å². The normalized spacial score (nSPS) is 15.2. The Morgan fingerprint density at radius 3 is 2.24 bits per heavy atom. The number of carbonyl (C=O) groups excluding carboxylic acids is 1. The standard InChI is InChI=1S/C17H19F2N5O/c1-24(2)15-20-9-11(10-21-15)22-16(25)23-17(7-4-8-17)14-12(18)5-3-6-13(14)19/h3,5-6,9-10H,4,7-8H2,1-2H3,(H2,22,23,25). The fourth-order valence-corrected chi connectivity index (χ4v) is 2.92. The Balaban J connectivity index is 1.75. The lowest BCUT2D eigenvalue weighted by Crippen LogP contribution is -2.53. The Kier molecular flexibility index (Phi) is 4.52. The second-order valence-corrected chi connectivity index (χ2v) is 6.28. The summed E-state index contributed by atoms with van der Waals surface area (Å²) in [5, 5.41) is 5.32. The lowest BCUT2D eigenvalue weighted by atomic mass is 9.71. The van der Waals surface area contributed by atoms with Gasteiger partial charge < -0.3 is 15.5 Å². The molecule has 2 aromatic rings. The Hall–Kier alpha value is -2.77.